The van der Waals surface area contributed by atoms with Crippen LogP contribution in [0.25, 0.3) is 33.1 Å². The second kappa shape index (κ2) is 5.35. The quantitative estimate of drug-likeness (QED) is 0.339. The van der Waals surface area contributed by atoms with Crippen molar-refractivity contribution in [1.29, 1.82) is 0 Å². The lowest BCUT2D eigenvalue weighted by atomic mass is 9.85. The molecule has 5 rings (SSSR count). The normalized spacial score (nSPS) is 13.1. The average molecular weight is 358 g/mol. The fourth-order valence-electron chi connectivity index (χ4n) is 4.36. The van der Waals surface area contributed by atoms with Crippen LogP contribution in [-0.2, 0) is 13.5 Å². The standard InChI is InChI=1S/C24H24NO2/c1-14-9-10-15-7-6-8-18-20(15)19(14)21-22(27-18)17(13-24(2,3)4)16-11-12-26-23(16)25(21)5/h6-12H,13H2,1-5H3/q+1. The molecule has 3 heteroatoms. The predicted molar refractivity (Wildman–Crippen MR) is 108 cm³/mol. The number of hydrogen-bond acceptors (Lipinski definition) is 2. The van der Waals surface area contributed by atoms with Gasteiger partial charge in [-0.25, -0.2) is 0 Å². The Labute approximate surface area is 159 Å². The molecule has 0 spiro atoms. The smallest absolute Gasteiger partial charge is 0.381 e. The van der Waals surface area contributed by atoms with Gasteiger partial charge < -0.3 is 9.15 Å². The predicted octanol–water partition coefficient (Wildman–Crippen LogP) is 6.08. The average Bonchev–Trinajstić information content (AvgIpc) is 3.10. The highest BCUT2D eigenvalue weighted by atomic mass is 16.5. The monoisotopic (exact) mass is 358 g/mol. The van der Waals surface area contributed by atoms with Crippen molar-refractivity contribution in [1.82, 2.24) is 0 Å². The van der Waals surface area contributed by atoms with Crippen LogP contribution in [0.15, 0.2) is 47.1 Å². The van der Waals surface area contributed by atoms with Crippen LogP contribution >= 0.6 is 0 Å². The van der Waals surface area contributed by atoms with E-state index in [0.29, 0.717) is 0 Å². The fraction of sp³-hybridized carbons (Fsp3) is 0.292. The van der Waals surface area contributed by atoms with Crippen molar-refractivity contribution in [2.75, 3.05) is 0 Å². The molecule has 0 amide bonds. The molecule has 0 aliphatic carbocycles. The van der Waals surface area contributed by atoms with E-state index in [-0.39, 0.29) is 5.41 Å². The third kappa shape index (κ3) is 2.31. The summed E-state index contributed by atoms with van der Waals surface area (Å²) in [5.41, 5.74) is 5.87. The molecule has 0 saturated carbocycles. The highest BCUT2D eigenvalue weighted by Crippen LogP contribution is 2.49. The number of hydrogen-bond donors (Lipinski definition) is 0. The number of nitrogens with zero attached hydrogens (tertiary/aromatic N) is 1. The minimum atomic E-state index is 0.138. The summed E-state index contributed by atoms with van der Waals surface area (Å²) in [6.07, 6.45) is 2.70. The SMILES string of the molecule is Cc1ccc2cccc3c2c1-c1c(c(CC(C)(C)C)c2ccoc2[n+]1C)O3. The molecule has 1 aliphatic rings. The Bertz CT molecular complexity index is 1230. The maximum atomic E-state index is 6.58. The Kier molecular flexibility index (Phi) is 3.24. The van der Waals surface area contributed by atoms with E-state index < -0.39 is 0 Å². The number of aryl methyl sites for hydroxylation is 2. The van der Waals surface area contributed by atoms with Crippen LogP contribution in [0.5, 0.6) is 11.5 Å². The molecular weight excluding hydrogens is 334 g/mol. The fourth-order valence-corrected chi connectivity index (χ4v) is 4.36. The van der Waals surface area contributed by atoms with E-state index in [2.05, 4.69) is 75.7 Å². The molecule has 3 nitrogen and oxygen atoms in total. The minimum absolute atomic E-state index is 0.138. The zero-order chi connectivity index (χ0) is 18.9. The lowest BCUT2D eigenvalue weighted by molar-refractivity contribution is -0.640. The van der Waals surface area contributed by atoms with Crippen LogP contribution < -0.4 is 9.30 Å². The van der Waals surface area contributed by atoms with Gasteiger partial charge in [0.15, 0.2) is 0 Å². The maximum Gasteiger partial charge on any atom is 0.381 e. The molecular formula is C24H24NO2+. The van der Waals surface area contributed by atoms with Crippen molar-refractivity contribution >= 4 is 21.9 Å². The van der Waals surface area contributed by atoms with Crippen molar-refractivity contribution in [2.24, 2.45) is 12.5 Å². The molecule has 2 aromatic heterocycles. The van der Waals surface area contributed by atoms with Crippen LogP contribution in [-0.4, -0.2) is 0 Å². The first-order valence-electron chi connectivity index (χ1n) is 9.48. The van der Waals surface area contributed by atoms with Crippen molar-refractivity contribution < 1.29 is 13.7 Å². The highest BCUT2D eigenvalue weighted by molar-refractivity contribution is 6.05. The Morgan fingerprint density at radius 1 is 1.04 bits per heavy atom. The molecule has 0 fully saturated rings. The van der Waals surface area contributed by atoms with E-state index in [1.165, 1.54) is 27.5 Å². The van der Waals surface area contributed by atoms with Gasteiger partial charge in [0.25, 0.3) is 5.69 Å². The molecule has 2 aromatic carbocycles. The Morgan fingerprint density at radius 2 is 1.85 bits per heavy atom. The molecule has 0 atom stereocenters. The van der Waals surface area contributed by atoms with E-state index in [1.54, 1.807) is 6.26 Å². The molecule has 4 aromatic rings. The lowest BCUT2D eigenvalue weighted by Gasteiger charge is -2.25. The molecule has 0 radical (unpaired) electrons. The Balaban J connectivity index is 1.97. The molecule has 27 heavy (non-hydrogen) atoms. The minimum Gasteiger partial charge on any atom is -0.449 e. The van der Waals surface area contributed by atoms with Crippen LogP contribution in [0.4, 0.5) is 0 Å². The van der Waals surface area contributed by atoms with E-state index in [4.69, 9.17) is 9.15 Å². The van der Waals surface area contributed by atoms with Crippen molar-refractivity contribution in [3.05, 3.63) is 53.8 Å². The molecule has 3 heterocycles. The van der Waals surface area contributed by atoms with Gasteiger partial charge in [0, 0.05) is 10.9 Å². The lowest BCUT2D eigenvalue weighted by Crippen LogP contribution is -2.34. The van der Waals surface area contributed by atoms with Gasteiger partial charge in [-0.15, -0.1) is 0 Å². The van der Waals surface area contributed by atoms with Gasteiger partial charge in [0.2, 0.25) is 5.75 Å². The molecule has 136 valence electrons. The molecule has 0 saturated heterocycles. The number of fused-ring (bicyclic) bond motifs is 3. The van der Waals surface area contributed by atoms with E-state index in [9.17, 15) is 0 Å². The summed E-state index contributed by atoms with van der Waals surface area (Å²) < 4.78 is 14.6. The summed E-state index contributed by atoms with van der Waals surface area (Å²) in [6.45, 7) is 8.97. The topological polar surface area (TPSA) is 26.2 Å². The highest BCUT2D eigenvalue weighted by Gasteiger charge is 2.36. The molecule has 0 unspecified atom stereocenters. The maximum absolute atomic E-state index is 6.58. The molecule has 0 N–H and O–H groups in total. The zero-order valence-electron chi connectivity index (χ0n) is 16.5. The van der Waals surface area contributed by atoms with E-state index in [1.807, 2.05) is 0 Å². The van der Waals surface area contributed by atoms with Gasteiger partial charge in [-0.1, -0.05) is 45.0 Å². The number of aromatic nitrogens is 1. The van der Waals surface area contributed by atoms with Crippen molar-refractivity contribution in [3.8, 4) is 22.8 Å². The van der Waals surface area contributed by atoms with Crippen LogP contribution in [0.3, 0.4) is 0 Å². The van der Waals surface area contributed by atoms with Crippen molar-refractivity contribution in [3.63, 3.8) is 0 Å². The summed E-state index contributed by atoms with van der Waals surface area (Å²) in [7, 11) is 2.07. The number of pyridine rings is 1. The first kappa shape index (κ1) is 16.4. The first-order chi connectivity index (χ1) is 12.8. The number of benzene rings is 2. The summed E-state index contributed by atoms with van der Waals surface area (Å²) in [5, 5.41) is 3.53. The zero-order valence-corrected chi connectivity index (χ0v) is 16.5. The van der Waals surface area contributed by atoms with Gasteiger partial charge in [-0.3, -0.25) is 0 Å². The van der Waals surface area contributed by atoms with Crippen LogP contribution in [0.2, 0.25) is 0 Å². The molecule has 0 bridgehead atoms. The number of rotatable bonds is 1. The van der Waals surface area contributed by atoms with Gasteiger partial charge in [-0.05, 0) is 41.8 Å². The van der Waals surface area contributed by atoms with Gasteiger partial charge in [0.1, 0.15) is 12.8 Å². The van der Waals surface area contributed by atoms with Gasteiger partial charge in [0.05, 0.1) is 17.2 Å². The summed E-state index contributed by atoms with van der Waals surface area (Å²) in [5.74, 6) is 1.91. The molecule has 1 aliphatic heterocycles. The van der Waals surface area contributed by atoms with E-state index >= 15 is 0 Å². The third-order valence-corrected chi connectivity index (χ3v) is 5.47. The summed E-state index contributed by atoms with van der Waals surface area (Å²) in [6, 6.07) is 12.7. The van der Waals surface area contributed by atoms with Gasteiger partial charge >= 0.3 is 5.71 Å². The second-order valence-corrected chi connectivity index (χ2v) is 8.81. The van der Waals surface area contributed by atoms with E-state index in [0.717, 1.165) is 34.7 Å². The van der Waals surface area contributed by atoms with Crippen molar-refractivity contribution in [2.45, 2.75) is 34.1 Å². The first-order valence-corrected chi connectivity index (χ1v) is 9.48. The number of ether oxygens (including phenoxy) is 1. The Hall–Kier alpha value is -2.81. The summed E-state index contributed by atoms with van der Waals surface area (Å²) in [4.78, 5) is 0. The third-order valence-electron chi connectivity index (χ3n) is 5.47. The number of furan rings is 1. The van der Waals surface area contributed by atoms with Crippen LogP contribution in [0, 0.1) is 12.3 Å². The largest absolute Gasteiger partial charge is 0.449 e. The van der Waals surface area contributed by atoms with Crippen LogP contribution in [0.1, 0.15) is 31.9 Å². The van der Waals surface area contributed by atoms with Gasteiger partial charge in [-0.2, -0.15) is 4.57 Å². The second-order valence-electron chi connectivity index (χ2n) is 8.81. The Morgan fingerprint density at radius 3 is 2.63 bits per heavy atom. The summed E-state index contributed by atoms with van der Waals surface area (Å²) >= 11 is 0.